The van der Waals surface area contributed by atoms with E-state index in [-0.39, 0.29) is 28.8 Å². The van der Waals surface area contributed by atoms with E-state index in [2.05, 4.69) is 20.4 Å². The van der Waals surface area contributed by atoms with Gasteiger partial charge in [0.05, 0.1) is 17.9 Å². The molecule has 0 bridgehead atoms. The van der Waals surface area contributed by atoms with Crippen molar-refractivity contribution in [1.82, 2.24) is 20.2 Å². The Labute approximate surface area is 217 Å². The summed E-state index contributed by atoms with van der Waals surface area (Å²) in [6.07, 6.45) is 6.48. The first-order valence-corrected chi connectivity index (χ1v) is 12.7. The number of nitrogens with zero attached hydrogens (tertiary/aromatic N) is 5. The highest BCUT2D eigenvalue weighted by Gasteiger charge is 2.53. The number of amides is 2. The number of pyridine rings is 1. The second-order valence-corrected chi connectivity index (χ2v) is 9.91. The van der Waals surface area contributed by atoms with Crippen molar-refractivity contribution < 1.29 is 33.3 Å². The molecule has 190 valence electrons. The lowest BCUT2D eigenvalue weighted by Crippen LogP contribution is -2.71. The fraction of sp³-hybridized carbons (Fsp3) is 0.227. The van der Waals surface area contributed by atoms with Crippen LogP contribution in [0, 0.1) is 0 Å². The number of aromatic nitrogens is 3. The summed E-state index contributed by atoms with van der Waals surface area (Å²) in [4.78, 5) is 51.7. The van der Waals surface area contributed by atoms with Crippen LogP contribution in [0.3, 0.4) is 0 Å². The maximum absolute atomic E-state index is 13.0. The van der Waals surface area contributed by atoms with Crippen molar-refractivity contribution in [2.45, 2.75) is 18.0 Å². The predicted molar refractivity (Wildman–Crippen MR) is 129 cm³/mol. The number of β-lactam (4-membered cyclic amide) rings is 1. The number of hydrogen-bond donors (Lipinski definition) is 2. The van der Waals surface area contributed by atoms with Gasteiger partial charge in [0.25, 0.3) is 11.8 Å². The summed E-state index contributed by atoms with van der Waals surface area (Å²) >= 11 is 2.46. The minimum Gasteiger partial charge on any atom is -0.543 e. The van der Waals surface area contributed by atoms with Gasteiger partial charge in [-0.1, -0.05) is 5.16 Å². The van der Waals surface area contributed by atoms with Crippen LogP contribution in [0.4, 0.5) is 5.13 Å². The number of fused-ring (bicyclic) bond motifs is 1. The molecule has 0 saturated carbocycles. The number of carbonyl (C=O) groups is 3. The first-order chi connectivity index (χ1) is 17.9. The number of nitrogens with two attached hydrogens (primary N) is 1. The fourth-order valence-corrected chi connectivity index (χ4v) is 5.88. The number of nitrogens with one attached hydrogen (secondary N) is 1. The second-order valence-electron chi connectivity index (χ2n) is 7.92. The summed E-state index contributed by atoms with van der Waals surface area (Å²) in [5.74, 6) is -1.80. The smallest absolute Gasteiger partial charge is 0.276 e. The highest BCUT2D eigenvalue weighted by atomic mass is 32.2. The highest BCUT2D eigenvalue weighted by Crippen LogP contribution is 2.40. The average Bonchev–Trinajstić information content (AvgIpc) is 3.58. The van der Waals surface area contributed by atoms with Crippen molar-refractivity contribution in [1.29, 1.82) is 0 Å². The zero-order valence-electron chi connectivity index (χ0n) is 19.2. The molecular weight excluding hydrogens is 524 g/mol. The van der Waals surface area contributed by atoms with Crippen molar-refractivity contribution >= 4 is 51.7 Å². The molecule has 0 unspecified atom stereocenters. The van der Waals surface area contributed by atoms with E-state index < -0.39 is 29.2 Å². The standard InChI is InChI=1S/C22H19N7O6S2/c1-34-27-15(13-9-37-22(23)25-13)18(30)26-16-19(31)29-17(21(32)33)12(8-36-20(16)29)7-28-4-2-11(3-5-28)14-6-24-10-35-14/h2-6,9-10,16,20H,7-8H2,1H3,(H3-,23,25,26,30,32,33)/b27-15-/t16-,20-/m1/s1/i22+2. The molecule has 0 aromatic carbocycles. The molecule has 2 aliphatic heterocycles. The Morgan fingerprint density at radius 2 is 2.22 bits per heavy atom. The molecule has 0 spiro atoms. The van der Waals surface area contributed by atoms with Crippen molar-refractivity contribution in [3.8, 4) is 11.3 Å². The highest BCUT2D eigenvalue weighted by molar-refractivity contribution is 8.00. The van der Waals surface area contributed by atoms with Crippen LogP contribution < -0.4 is 20.7 Å². The molecule has 2 amide bonds. The van der Waals surface area contributed by atoms with Gasteiger partial charge in [0.15, 0.2) is 41.9 Å². The Balaban J connectivity index is 1.32. The van der Waals surface area contributed by atoms with Crippen LogP contribution in [0.2, 0.25) is 0 Å². The third kappa shape index (κ3) is 4.65. The Kier molecular flexibility index (Phi) is 6.62. The quantitative estimate of drug-likeness (QED) is 0.157. The number of aliphatic carboxylic acids is 1. The number of oxime groups is 1. The SMILES string of the molecule is CO/N=C(\C(=O)N[C@@H]1C(=O)N2C(C(=O)[O-])=C(C[n+]3ccc(-c4cnco4)cc3)CS[C@H]12)c1cs[14c](N)n1. The predicted octanol–water partition coefficient (Wildman–Crippen LogP) is -0.878. The van der Waals surface area contributed by atoms with E-state index in [0.717, 1.165) is 21.8 Å². The maximum atomic E-state index is 13.0. The van der Waals surface area contributed by atoms with Crippen LogP contribution in [-0.4, -0.2) is 62.6 Å². The third-order valence-corrected chi connectivity index (χ3v) is 7.68. The molecule has 3 aromatic heterocycles. The van der Waals surface area contributed by atoms with Crippen molar-refractivity contribution in [2.24, 2.45) is 5.16 Å². The fourth-order valence-electron chi connectivity index (χ4n) is 4.00. The molecule has 5 rings (SSSR count). The van der Waals surface area contributed by atoms with Crippen LogP contribution in [0.15, 0.2) is 63.3 Å². The van der Waals surface area contributed by atoms with Gasteiger partial charge in [-0.15, -0.1) is 23.1 Å². The van der Waals surface area contributed by atoms with E-state index in [1.165, 1.54) is 30.6 Å². The summed E-state index contributed by atoms with van der Waals surface area (Å²) in [5, 5.41) is 19.5. The molecule has 0 aliphatic carbocycles. The number of thioether (sulfide) groups is 1. The van der Waals surface area contributed by atoms with Gasteiger partial charge in [-0.25, -0.2) is 14.5 Å². The first kappa shape index (κ1) is 24.5. The van der Waals surface area contributed by atoms with Gasteiger partial charge in [-0.3, -0.25) is 14.5 Å². The monoisotopic (exact) mass is 543 g/mol. The second kappa shape index (κ2) is 10.0. The minimum atomic E-state index is -1.46. The number of rotatable bonds is 8. The first-order valence-electron chi connectivity index (χ1n) is 10.8. The molecule has 15 heteroatoms. The van der Waals surface area contributed by atoms with E-state index in [1.54, 1.807) is 23.2 Å². The number of carboxylic acids is 1. The summed E-state index contributed by atoms with van der Waals surface area (Å²) in [7, 11) is 1.27. The van der Waals surface area contributed by atoms with Crippen molar-refractivity contribution in [3.63, 3.8) is 0 Å². The van der Waals surface area contributed by atoms with Crippen LogP contribution in [0.5, 0.6) is 0 Å². The Morgan fingerprint density at radius 3 is 2.84 bits per heavy atom. The van der Waals surface area contributed by atoms with E-state index in [1.807, 2.05) is 12.1 Å². The Hall–Kier alpha value is -4.24. The normalized spacial score (nSPS) is 19.3. The minimum absolute atomic E-state index is 0.149. The lowest BCUT2D eigenvalue weighted by molar-refractivity contribution is -0.689. The van der Waals surface area contributed by atoms with E-state index in [4.69, 9.17) is 15.0 Å². The molecule has 0 radical (unpaired) electrons. The number of nitrogen functional groups attached to an aromatic ring is 1. The van der Waals surface area contributed by atoms with Crippen LogP contribution in [0.1, 0.15) is 5.69 Å². The molecule has 1 saturated heterocycles. The maximum Gasteiger partial charge on any atom is 0.276 e. The lowest BCUT2D eigenvalue weighted by atomic mass is 10.0. The van der Waals surface area contributed by atoms with E-state index in [0.29, 0.717) is 17.1 Å². The Bertz CT molecular complexity index is 1420. The van der Waals surface area contributed by atoms with Crippen LogP contribution in [-0.2, 0) is 25.8 Å². The van der Waals surface area contributed by atoms with Crippen LogP contribution >= 0.6 is 23.1 Å². The summed E-state index contributed by atoms with van der Waals surface area (Å²) < 4.78 is 7.07. The molecule has 3 N–H and O–H groups in total. The Morgan fingerprint density at radius 1 is 1.43 bits per heavy atom. The summed E-state index contributed by atoms with van der Waals surface area (Å²) in [6.45, 7) is 0.233. The molecule has 37 heavy (non-hydrogen) atoms. The van der Waals surface area contributed by atoms with E-state index >= 15 is 0 Å². The number of oxazole rings is 1. The molecular formula is C22H19N7O6S2. The van der Waals surface area contributed by atoms with Gasteiger partial charge in [0.1, 0.15) is 24.2 Å². The lowest BCUT2D eigenvalue weighted by Gasteiger charge is -2.50. The molecule has 2 aliphatic rings. The van der Waals surface area contributed by atoms with E-state index in [9.17, 15) is 19.5 Å². The third-order valence-electron chi connectivity index (χ3n) is 5.67. The van der Waals surface area contributed by atoms with Gasteiger partial charge in [-0.2, -0.15) is 0 Å². The summed E-state index contributed by atoms with van der Waals surface area (Å²) in [6, 6.07) is 2.67. The summed E-state index contributed by atoms with van der Waals surface area (Å²) in [5.41, 5.74) is 6.83. The van der Waals surface area contributed by atoms with Gasteiger partial charge in [0, 0.05) is 34.4 Å². The molecule has 1 fully saturated rings. The number of thiazole rings is 1. The number of carboxylic acid groups (broad SMARTS) is 1. The topological polar surface area (TPSA) is 180 Å². The van der Waals surface area contributed by atoms with Gasteiger partial charge in [-0.05, 0) is 0 Å². The van der Waals surface area contributed by atoms with Gasteiger partial charge in [0.2, 0.25) is 0 Å². The number of carbonyl (C=O) groups excluding carboxylic acids is 3. The molecule has 3 aromatic rings. The van der Waals surface area contributed by atoms with Crippen molar-refractivity contribution in [3.05, 3.63) is 59.5 Å². The van der Waals surface area contributed by atoms with Crippen LogP contribution in [0.25, 0.3) is 11.3 Å². The number of hydrogen-bond acceptors (Lipinski definition) is 12. The zero-order chi connectivity index (χ0) is 26.1. The van der Waals surface area contributed by atoms with Gasteiger partial charge < -0.3 is 30.2 Å². The molecule has 13 nitrogen and oxygen atoms in total. The molecule has 2 atom stereocenters. The average molecular weight is 544 g/mol. The molecule has 5 heterocycles. The van der Waals surface area contributed by atoms with Crippen molar-refractivity contribution in [2.75, 3.05) is 18.6 Å². The number of anilines is 1. The largest absolute Gasteiger partial charge is 0.543 e. The van der Waals surface area contributed by atoms with Gasteiger partial charge >= 0.3 is 0 Å². The zero-order valence-corrected chi connectivity index (χ0v) is 20.8.